The topological polar surface area (TPSA) is 142 Å². The molecule has 5 rings (SSSR count). The highest BCUT2D eigenvalue weighted by atomic mass is 16.5. The molecule has 3 N–H and O–H groups in total. The molecule has 0 amide bonds. The van der Waals surface area contributed by atoms with Crippen LogP contribution in [0.5, 0.6) is 0 Å². The van der Waals surface area contributed by atoms with E-state index < -0.39 is 22.8 Å². The van der Waals surface area contributed by atoms with Gasteiger partial charge in [0, 0.05) is 6.42 Å². The first kappa shape index (κ1) is 21.0. The fourth-order valence-corrected chi connectivity index (χ4v) is 4.87. The molecule has 0 bridgehead atoms. The number of nitrogens with two attached hydrogens (primary N) is 1. The molecule has 3 unspecified atom stereocenters. The van der Waals surface area contributed by atoms with Crippen molar-refractivity contribution in [2.45, 2.75) is 31.8 Å². The number of nitrogens with one attached hydrogen (secondary N) is 1. The molecule has 0 radical (unpaired) electrons. The van der Waals surface area contributed by atoms with Crippen LogP contribution in [0, 0.1) is 38.9 Å². The Hall–Kier alpha value is -3.20. The second-order valence-electron chi connectivity index (χ2n) is 8.04. The van der Waals surface area contributed by atoms with E-state index in [0.29, 0.717) is 29.7 Å². The molecule has 8 heteroatoms. The molecule has 0 aromatic heterocycles. The van der Waals surface area contributed by atoms with Crippen LogP contribution in [0.1, 0.15) is 37.4 Å². The van der Waals surface area contributed by atoms with Crippen molar-refractivity contribution in [3.8, 4) is 12.1 Å². The van der Waals surface area contributed by atoms with E-state index >= 15 is 0 Å². The molecule has 0 saturated carbocycles. The molecule has 31 heavy (non-hydrogen) atoms. The second-order valence-corrected chi connectivity index (χ2v) is 8.04. The van der Waals surface area contributed by atoms with E-state index in [1.54, 1.807) is 24.3 Å². The van der Waals surface area contributed by atoms with E-state index in [1.165, 1.54) is 0 Å². The number of amidine groups is 1. The lowest BCUT2D eigenvalue weighted by Gasteiger charge is -2.49. The summed E-state index contributed by atoms with van der Waals surface area (Å²) in [6, 6.07) is 13.2. The summed E-state index contributed by atoms with van der Waals surface area (Å²) in [5, 5.41) is 43.5. The maximum atomic E-state index is 12.8. The summed E-state index contributed by atoms with van der Waals surface area (Å²) in [4.78, 5) is 3.77. The fraction of sp³-hybridized carbons (Fsp3) is 0.478. The van der Waals surface area contributed by atoms with Crippen molar-refractivity contribution >= 4 is 11.7 Å². The van der Waals surface area contributed by atoms with Gasteiger partial charge in [-0.25, -0.2) is 0 Å². The Morgan fingerprint density at radius 1 is 1.10 bits per heavy atom. The van der Waals surface area contributed by atoms with Crippen LogP contribution in [0.25, 0.3) is 0 Å². The highest BCUT2D eigenvalue weighted by Crippen LogP contribution is 2.63. The number of nitrogens with zero attached hydrogens (tertiary/aromatic N) is 3. The number of hydrogen-bond acceptors (Lipinski definition) is 6. The third-order valence-electron chi connectivity index (χ3n) is 6.40. The number of fused-ring (bicyclic) bond motifs is 2. The molecule has 0 spiro atoms. The molecule has 1 aromatic carbocycles. The number of ether oxygens (including phenoxy) is 2. The van der Waals surface area contributed by atoms with Crippen LogP contribution >= 0.6 is 0 Å². The van der Waals surface area contributed by atoms with Crippen LogP contribution in [-0.4, -0.2) is 38.0 Å². The molecule has 160 valence electrons. The number of aliphatic imine (C=N–C) groups is 1. The van der Waals surface area contributed by atoms with E-state index in [-0.39, 0.29) is 5.84 Å². The quantitative estimate of drug-likeness (QED) is 0.696. The molecule has 3 heterocycles. The van der Waals surface area contributed by atoms with Gasteiger partial charge in [0.1, 0.15) is 11.3 Å². The fourth-order valence-electron chi connectivity index (χ4n) is 4.87. The van der Waals surface area contributed by atoms with E-state index in [4.69, 9.17) is 14.9 Å². The number of rotatable bonds is 1. The summed E-state index contributed by atoms with van der Waals surface area (Å²) in [5.74, 6) is -0.474. The van der Waals surface area contributed by atoms with Gasteiger partial charge < -0.3 is 19.9 Å². The minimum Gasteiger partial charge on any atom is -0.860 e. The van der Waals surface area contributed by atoms with Gasteiger partial charge in [-0.3, -0.25) is 10.4 Å². The summed E-state index contributed by atoms with van der Waals surface area (Å²) < 4.78 is 11.2. The van der Waals surface area contributed by atoms with Crippen molar-refractivity contribution in [1.29, 1.82) is 15.9 Å². The van der Waals surface area contributed by atoms with Crippen LogP contribution in [0.4, 0.5) is 0 Å². The molecule has 1 fully saturated rings. The lowest BCUT2D eigenvalue weighted by Crippen LogP contribution is -2.87. The third-order valence-corrected chi connectivity index (χ3v) is 6.40. The first-order valence-corrected chi connectivity index (χ1v) is 10.6. The Labute approximate surface area is 181 Å². The zero-order chi connectivity index (χ0) is 21.9. The van der Waals surface area contributed by atoms with Crippen molar-refractivity contribution in [3.63, 3.8) is 0 Å². The molecular formula is C23H25N5O3. The third kappa shape index (κ3) is 3.11. The van der Waals surface area contributed by atoms with Crippen LogP contribution < -0.4 is 10.4 Å². The predicted molar refractivity (Wildman–Crippen MR) is 109 cm³/mol. The monoisotopic (exact) mass is 419 g/mol. The average Bonchev–Trinajstić information content (AvgIpc) is 3.07. The first-order chi connectivity index (χ1) is 15.1. The molecule has 1 saturated heterocycles. The van der Waals surface area contributed by atoms with Gasteiger partial charge in [0.2, 0.25) is 0 Å². The van der Waals surface area contributed by atoms with Crippen LogP contribution in [0.2, 0.25) is 0 Å². The Kier molecular flexibility index (Phi) is 5.77. The standard InChI is InChI=1S/C19H16N4O2.C4H9NO/c20-10-18-13-8-4-5-9-14(13)25-15(12-6-2-1-3-7-12)19(18,11-21)16(22)23-17(18)24;1-3-6-4-2-5-1/h1-3,6-7,15H,4-5,8-9H2,(H2,22,23,24);5H,1-4H2. The molecule has 8 nitrogen and oxygen atoms in total. The van der Waals surface area contributed by atoms with Crippen molar-refractivity contribution in [1.82, 2.24) is 0 Å². The number of quaternary nitrogens is 1. The van der Waals surface area contributed by atoms with Gasteiger partial charge in [0.15, 0.2) is 11.5 Å². The Balaban J connectivity index is 0.000000334. The number of nitriles is 2. The average molecular weight is 419 g/mol. The molecular weight excluding hydrogens is 394 g/mol. The number of allylic oxidation sites excluding steroid dienone is 1. The lowest BCUT2D eigenvalue weighted by atomic mass is 9.55. The summed E-state index contributed by atoms with van der Waals surface area (Å²) >= 11 is 0. The zero-order valence-corrected chi connectivity index (χ0v) is 17.3. The van der Waals surface area contributed by atoms with Crippen LogP contribution in [0.15, 0.2) is 46.7 Å². The maximum Gasteiger partial charge on any atom is 0.183 e. The largest absolute Gasteiger partial charge is 0.860 e. The number of hydrogen-bond donors (Lipinski definition) is 2. The molecule has 3 atom stereocenters. The first-order valence-electron chi connectivity index (χ1n) is 10.6. The lowest BCUT2D eigenvalue weighted by molar-refractivity contribution is -0.670. The summed E-state index contributed by atoms with van der Waals surface area (Å²) in [5.41, 5.74) is -2.30. The molecule has 1 aliphatic carbocycles. The normalized spacial score (nSPS) is 31.6. The van der Waals surface area contributed by atoms with Gasteiger partial charge in [-0.05, 0) is 36.3 Å². The highest BCUT2D eigenvalue weighted by Gasteiger charge is 2.70. The number of morpholine rings is 1. The van der Waals surface area contributed by atoms with Crippen LogP contribution in [0.3, 0.4) is 0 Å². The van der Waals surface area contributed by atoms with E-state index in [1.807, 2.05) is 6.07 Å². The summed E-state index contributed by atoms with van der Waals surface area (Å²) in [6.07, 6.45) is 1.97. The Bertz CT molecular complexity index is 991. The van der Waals surface area contributed by atoms with Gasteiger partial charge in [-0.15, -0.1) is 0 Å². The minimum atomic E-state index is -1.76. The van der Waals surface area contributed by atoms with Gasteiger partial charge in [-0.1, -0.05) is 30.3 Å². The van der Waals surface area contributed by atoms with Crippen LogP contribution in [-0.2, 0) is 9.47 Å². The van der Waals surface area contributed by atoms with E-state index in [9.17, 15) is 15.6 Å². The summed E-state index contributed by atoms with van der Waals surface area (Å²) in [7, 11) is 0. The van der Waals surface area contributed by atoms with E-state index in [2.05, 4.69) is 22.4 Å². The van der Waals surface area contributed by atoms with Gasteiger partial charge in [-0.2, -0.15) is 10.5 Å². The van der Waals surface area contributed by atoms with Gasteiger partial charge >= 0.3 is 0 Å². The Morgan fingerprint density at radius 3 is 2.39 bits per heavy atom. The van der Waals surface area contributed by atoms with Crippen molar-refractivity contribution in [2.24, 2.45) is 15.8 Å². The van der Waals surface area contributed by atoms with Gasteiger partial charge in [0.05, 0.1) is 44.2 Å². The Morgan fingerprint density at radius 2 is 1.81 bits per heavy atom. The number of benzene rings is 1. The minimum absolute atomic E-state index is 0.382. The van der Waals surface area contributed by atoms with E-state index in [0.717, 1.165) is 39.1 Å². The van der Waals surface area contributed by atoms with Gasteiger partial charge in [0.25, 0.3) is 0 Å². The molecule has 4 aliphatic rings. The summed E-state index contributed by atoms with van der Waals surface area (Å²) in [6.45, 7) is 4.19. The SMILES string of the molecule is C1COCC[NH2+]1.N#CC12C([O-])=NC(=N)C1(C#N)C(c1ccccc1)OC1=C2CCCC1. The molecule has 1 aromatic rings. The van der Waals surface area contributed by atoms with Crippen molar-refractivity contribution in [2.75, 3.05) is 26.3 Å². The second kappa shape index (κ2) is 8.50. The highest BCUT2D eigenvalue weighted by molar-refractivity contribution is 6.11. The van der Waals surface area contributed by atoms with Crippen molar-refractivity contribution < 1.29 is 19.9 Å². The maximum absolute atomic E-state index is 12.8. The zero-order valence-electron chi connectivity index (χ0n) is 17.3. The predicted octanol–water partition coefficient (Wildman–Crippen LogP) is 0.936. The smallest absolute Gasteiger partial charge is 0.183 e. The van der Waals surface area contributed by atoms with Crippen molar-refractivity contribution in [3.05, 3.63) is 47.2 Å². The molecule has 3 aliphatic heterocycles.